The number of halogens is 2. The molecule has 0 bridgehead atoms. The van der Waals surface area contributed by atoms with Crippen molar-refractivity contribution in [2.75, 3.05) is 17.7 Å². The maximum absolute atomic E-state index is 12.2. The van der Waals surface area contributed by atoms with E-state index in [1.165, 1.54) is 7.11 Å². The van der Waals surface area contributed by atoms with Crippen molar-refractivity contribution in [3.63, 3.8) is 0 Å². The molecule has 0 saturated heterocycles. The van der Waals surface area contributed by atoms with E-state index in [-0.39, 0.29) is 6.03 Å². The number of nitrogens with one attached hydrogen (secondary N) is 2. The van der Waals surface area contributed by atoms with Gasteiger partial charge in [-0.05, 0) is 43.2 Å². The number of carbonyl (C=O) groups is 1. The Morgan fingerprint density at radius 1 is 1.05 bits per heavy atom. The molecule has 0 aromatic heterocycles. The summed E-state index contributed by atoms with van der Waals surface area (Å²) in [6.07, 6.45) is 0. The van der Waals surface area contributed by atoms with Crippen molar-refractivity contribution in [1.82, 2.24) is 0 Å². The number of methoxy groups -OCH3 is 1. The fourth-order valence-corrected chi connectivity index (χ4v) is 2.28. The van der Waals surface area contributed by atoms with E-state index in [0.29, 0.717) is 27.2 Å². The number of carbonyl (C=O) groups excluding carboxylic acids is 1. The van der Waals surface area contributed by atoms with Crippen LogP contribution in [0.1, 0.15) is 11.1 Å². The molecule has 0 unspecified atom stereocenters. The Labute approximate surface area is 139 Å². The van der Waals surface area contributed by atoms with Crippen molar-refractivity contribution in [2.24, 2.45) is 0 Å². The molecule has 0 fully saturated rings. The second kappa shape index (κ2) is 6.90. The zero-order valence-electron chi connectivity index (χ0n) is 12.5. The van der Waals surface area contributed by atoms with Crippen molar-refractivity contribution in [1.29, 1.82) is 0 Å². The molecule has 116 valence electrons. The van der Waals surface area contributed by atoms with E-state index in [2.05, 4.69) is 10.6 Å². The van der Waals surface area contributed by atoms with Crippen molar-refractivity contribution >= 4 is 40.6 Å². The number of aryl methyl sites for hydroxylation is 1. The Kier molecular flexibility index (Phi) is 5.16. The second-order valence-electron chi connectivity index (χ2n) is 4.79. The Morgan fingerprint density at radius 2 is 1.73 bits per heavy atom. The van der Waals surface area contributed by atoms with Crippen molar-refractivity contribution in [3.8, 4) is 5.75 Å². The molecule has 0 aliphatic heterocycles. The van der Waals surface area contributed by atoms with Crippen LogP contribution in [-0.2, 0) is 0 Å². The predicted octanol–water partition coefficient (Wildman–Crippen LogP) is 5.26. The minimum absolute atomic E-state index is 0.384. The number of hydrogen-bond donors (Lipinski definition) is 2. The van der Waals surface area contributed by atoms with E-state index in [4.69, 9.17) is 27.9 Å². The molecule has 0 atom stereocenters. The number of ether oxygens (including phenoxy) is 1. The van der Waals surface area contributed by atoms with E-state index in [1.807, 2.05) is 13.8 Å². The normalized spacial score (nSPS) is 10.2. The molecule has 2 aromatic rings. The first-order valence-corrected chi connectivity index (χ1v) is 7.35. The van der Waals surface area contributed by atoms with E-state index < -0.39 is 0 Å². The summed E-state index contributed by atoms with van der Waals surface area (Å²) in [7, 11) is 1.52. The van der Waals surface area contributed by atoms with Gasteiger partial charge in [-0.3, -0.25) is 0 Å². The number of rotatable bonds is 3. The summed E-state index contributed by atoms with van der Waals surface area (Å²) in [6.45, 7) is 3.69. The van der Waals surface area contributed by atoms with Gasteiger partial charge in [-0.1, -0.05) is 29.3 Å². The summed E-state index contributed by atoms with van der Waals surface area (Å²) in [5, 5.41) is 6.68. The van der Waals surface area contributed by atoms with Gasteiger partial charge < -0.3 is 15.4 Å². The van der Waals surface area contributed by atoms with E-state index in [0.717, 1.165) is 11.1 Å². The zero-order valence-corrected chi connectivity index (χ0v) is 14.0. The fraction of sp³-hybridized carbons (Fsp3) is 0.188. The molecular formula is C16H16Cl2N2O2. The van der Waals surface area contributed by atoms with Crippen LogP contribution in [0.5, 0.6) is 5.75 Å². The molecule has 0 aliphatic carbocycles. The summed E-state index contributed by atoms with van der Waals surface area (Å²) in [4.78, 5) is 12.2. The minimum Gasteiger partial charge on any atom is -0.495 e. The van der Waals surface area contributed by atoms with E-state index >= 15 is 0 Å². The van der Waals surface area contributed by atoms with Crippen LogP contribution in [0, 0.1) is 13.8 Å². The Balaban J connectivity index is 2.19. The van der Waals surface area contributed by atoms with Gasteiger partial charge >= 0.3 is 6.03 Å². The molecule has 0 heterocycles. The molecule has 2 amide bonds. The predicted molar refractivity (Wildman–Crippen MR) is 91.6 cm³/mol. The first-order chi connectivity index (χ1) is 10.4. The van der Waals surface area contributed by atoms with Gasteiger partial charge in [-0.25, -0.2) is 4.79 Å². The highest BCUT2D eigenvalue weighted by Crippen LogP contribution is 2.31. The lowest BCUT2D eigenvalue weighted by Gasteiger charge is -2.14. The van der Waals surface area contributed by atoms with Gasteiger partial charge in [-0.15, -0.1) is 0 Å². The molecule has 2 aromatic carbocycles. The molecule has 2 rings (SSSR count). The van der Waals surface area contributed by atoms with Gasteiger partial charge in [0.2, 0.25) is 0 Å². The van der Waals surface area contributed by atoms with Crippen LogP contribution in [-0.4, -0.2) is 13.1 Å². The van der Waals surface area contributed by atoms with E-state index in [1.54, 1.807) is 30.3 Å². The molecule has 2 N–H and O–H groups in total. The quantitative estimate of drug-likeness (QED) is 0.801. The highest BCUT2D eigenvalue weighted by Gasteiger charge is 2.11. The lowest BCUT2D eigenvalue weighted by molar-refractivity contribution is 0.262. The molecule has 0 aliphatic rings. The Morgan fingerprint density at radius 3 is 2.41 bits per heavy atom. The molecule has 0 radical (unpaired) electrons. The smallest absolute Gasteiger partial charge is 0.323 e. The molecule has 22 heavy (non-hydrogen) atoms. The van der Waals surface area contributed by atoms with Crippen molar-refractivity contribution < 1.29 is 9.53 Å². The van der Waals surface area contributed by atoms with Crippen LogP contribution in [0.3, 0.4) is 0 Å². The average Bonchev–Trinajstić information content (AvgIpc) is 2.47. The highest BCUT2D eigenvalue weighted by molar-refractivity contribution is 6.32. The zero-order chi connectivity index (χ0) is 16.3. The summed E-state index contributed by atoms with van der Waals surface area (Å²) in [5.74, 6) is 0.494. The van der Waals surface area contributed by atoms with Crippen LogP contribution < -0.4 is 15.4 Å². The number of amides is 2. The Bertz CT molecular complexity index is 718. The number of benzene rings is 2. The molecule has 0 saturated carbocycles. The Hall–Kier alpha value is -1.91. The summed E-state index contributed by atoms with van der Waals surface area (Å²) in [6, 6.07) is 8.36. The van der Waals surface area contributed by atoms with Crippen molar-refractivity contribution in [2.45, 2.75) is 13.8 Å². The van der Waals surface area contributed by atoms with Crippen LogP contribution in [0.4, 0.5) is 16.2 Å². The molecule has 0 spiro atoms. The topological polar surface area (TPSA) is 50.4 Å². The van der Waals surface area contributed by atoms with Gasteiger partial charge in [0.25, 0.3) is 0 Å². The fourth-order valence-electron chi connectivity index (χ4n) is 1.95. The summed E-state index contributed by atoms with van der Waals surface area (Å²) in [5.41, 5.74) is 2.84. The van der Waals surface area contributed by atoms with Crippen LogP contribution in [0.2, 0.25) is 10.0 Å². The summed E-state index contributed by atoms with van der Waals surface area (Å²) < 4.78 is 5.23. The maximum atomic E-state index is 12.2. The maximum Gasteiger partial charge on any atom is 0.323 e. The second-order valence-corrected chi connectivity index (χ2v) is 5.61. The van der Waals surface area contributed by atoms with Gasteiger partial charge in [0.1, 0.15) is 5.75 Å². The van der Waals surface area contributed by atoms with Gasteiger partial charge in [-0.2, -0.15) is 0 Å². The van der Waals surface area contributed by atoms with Gasteiger partial charge in [0.05, 0.1) is 12.8 Å². The minimum atomic E-state index is -0.384. The largest absolute Gasteiger partial charge is 0.495 e. The third-order valence-corrected chi connectivity index (χ3v) is 4.06. The SMILES string of the molecule is COc1cc(Cl)c(C)cc1NC(=O)Nc1cccc(Cl)c1C. The van der Waals surface area contributed by atoms with E-state index in [9.17, 15) is 4.79 Å². The number of hydrogen-bond acceptors (Lipinski definition) is 2. The lowest BCUT2D eigenvalue weighted by Crippen LogP contribution is -2.20. The third-order valence-electron chi connectivity index (χ3n) is 3.24. The van der Waals surface area contributed by atoms with Crippen LogP contribution in [0.25, 0.3) is 0 Å². The number of urea groups is 1. The van der Waals surface area contributed by atoms with Gasteiger partial charge in [0, 0.05) is 21.8 Å². The average molecular weight is 339 g/mol. The third kappa shape index (κ3) is 3.64. The molecular weight excluding hydrogens is 323 g/mol. The summed E-state index contributed by atoms with van der Waals surface area (Å²) >= 11 is 12.1. The van der Waals surface area contributed by atoms with Crippen LogP contribution >= 0.6 is 23.2 Å². The van der Waals surface area contributed by atoms with Crippen molar-refractivity contribution in [3.05, 3.63) is 51.5 Å². The molecule has 4 nitrogen and oxygen atoms in total. The first-order valence-electron chi connectivity index (χ1n) is 6.59. The standard InChI is InChI=1S/C16H16Cl2N2O2/c1-9-7-14(15(22-3)8-12(9)18)20-16(21)19-13-6-4-5-11(17)10(13)2/h4-8H,1-3H3,(H2,19,20,21). The van der Waals surface area contributed by atoms with Gasteiger partial charge in [0.15, 0.2) is 0 Å². The highest BCUT2D eigenvalue weighted by atomic mass is 35.5. The lowest BCUT2D eigenvalue weighted by atomic mass is 10.2. The van der Waals surface area contributed by atoms with Crippen LogP contribution in [0.15, 0.2) is 30.3 Å². The monoisotopic (exact) mass is 338 g/mol. The first kappa shape index (κ1) is 16.5. The number of anilines is 2. The molecule has 6 heteroatoms.